The van der Waals surface area contributed by atoms with E-state index in [9.17, 15) is 4.79 Å². The highest BCUT2D eigenvalue weighted by molar-refractivity contribution is 6.04. The van der Waals surface area contributed by atoms with E-state index in [1.807, 2.05) is 53.4 Å². The predicted octanol–water partition coefficient (Wildman–Crippen LogP) is 1.74. The minimum absolute atomic E-state index is 0.0858. The summed E-state index contributed by atoms with van der Waals surface area (Å²) in [5, 5.41) is 10.4. The van der Waals surface area contributed by atoms with Crippen molar-refractivity contribution >= 4 is 29.1 Å². The van der Waals surface area contributed by atoms with Crippen molar-refractivity contribution in [3.05, 3.63) is 71.3 Å². The summed E-state index contributed by atoms with van der Waals surface area (Å²) in [6.45, 7) is 1.89. The Morgan fingerprint density at radius 3 is 2.33 bits per heavy atom. The lowest BCUT2D eigenvalue weighted by Gasteiger charge is -2.26. The monoisotopic (exact) mass is 405 g/mol. The molecule has 0 aliphatic carbocycles. The zero-order valence-electron chi connectivity index (χ0n) is 16.8. The van der Waals surface area contributed by atoms with Crippen molar-refractivity contribution in [3.8, 4) is 0 Å². The summed E-state index contributed by atoms with van der Waals surface area (Å²) in [5.74, 6) is 0.0250. The van der Waals surface area contributed by atoms with Crippen molar-refractivity contribution in [1.82, 2.24) is 4.90 Å². The van der Waals surface area contributed by atoms with Crippen molar-refractivity contribution in [2.45, 2.75) is 12.8 Å². The number of nitrogens with two attached hydrogens (primary N) is 3. The van der Waals surface area contributed by atoms with E-state index in [1.165, 1.54) is 5.57 Å². The fourth-order valence-electron chi connectivity index (χ4n) is 3.26. The number of carbonyl (C=O) groups is 1. The Kier molecular flexibility index (Phi) is 6.69. The summed E-state index contributed by atoms with van der Waals surface area (Å²) in [7, 11) is 0. The number of benzene rings is 2. The van der Waals surface area contributed by atoms with Crippen LogP contribution in [0.2, 0.25) is 0 Å². The molecule has 2 aromatic rings. The number of amides is 1. The topological polar surface area (TPSA) is 147 Å². The number of nitrogens with one attached hydrogen (secondary N) is 2. The molecule has 0 atom stereocenters. The molecule has 8 N–H and O–H groups in total. The number of hydrogen-bond donors (Lipinski definition) is 5. The summed E-state index contributed by atoms with van der Waals surface area (Å²) < 4.78 is 0. The van der Waals surface area contributed by atoms with Gasteiger partial charge in [-0.15, -0.1) is 0 Å². The molecule has 0 radical (unpaired) electrons. The Morgan fingerprint density at radius 1 is 1.07 bits per heavy atom. The molecule has 156 valence electrons. The highest BCUT2D eigenvalue weighted by Crippen LogP contribution is 2.23. The standard InChI is InChI=1S/C22H27N7O/c23-21(24)27-12-9-15-1-7-19(8-2-15)28-20(30)18-5-3-16(4-6-18)17-10-13-29(14-11-17)22(25)26/h1-8,10H,9,11-14H2,(H3,25,26)(H,28,30)(H4,23,24,27). The molecule has 1 amide bonds. The lowest BCUT2D eigenvalue weighted by Crippen LogP contribution is -2.39. The average Bonchev–Trinajstić information content (AvgIpc) is 2.75. The highest BCUT2D eigenvalue weighted by atomic mass is 16.1. The molecule has 8 heteroatoms. The molecule has 0 unspecified atom stereocenters. The Labute approximate surface area is 176 Å². The fourth-order valence-corrected chi connectivity index (χ4v) is 3.26. The van der Waals surface area contributed by atoms with Crippen LogP contribution in [0.4, 0.5) is 5.69 Å². The highest BCUT2D eigenvalue weighted by Gasteiger charge is 2.14. The molecule has 8 nitrogen and oxygen atoms in total. The van der Waals surface area contributed by atoms with Gasteiger partial charge in [0.15, 0.2) is 11.9 Å². The lowest BCUT2D eigenvalue weighted by molar-refractivity contribution is 0.102. The number of nitrogens with zero attached hydrogens (tertiary/aromatic N) is 2. The Balaban J connectivity index is 1.57. The van der Waals surface area contributed by atoms with Gasteiger partial charge in [-0.2, -0.15) is 0 Å². The van der Waals surface area contributed by atoms with Crippen molar-refractivity contribution in [2.24, 2.45) is 22.2 Å². The molecule has 0 saturated heterocycles. The van der Waals surface area contributed by atoms with Gasteiger partial charge in [-0.25, -0.2) is 0 Å². The van der Waals surface area contributed by atoms with Crippen LogP contribution in [0.5, 0.6) is 0 Å². The maximum absolute atomic E-state index is 12.5. The van der Waals surface area contributed by atoms with E-state index >= 15 is 0 Å². The van der Waals surface area contributed by atoms with Crippen LogP contribution in [0.25, 0.3) is 5.57 Å². The van der Waals surface area contributed by atoms with E-state index in [-0.39, 0.29) is 17.8 Å². The minimum atomic E-state index is -0.157. The molecular formula is C22H27N7O. The van der Waals surface area contributed by atoms with Gasteiger partial charge in [-0.05, 0) is 53.8 Å². The van der Waals surface area contributed by atoms with Gasteiger partial charge in [0.1, 0.15) is 0 Å². The minimum Gasteiger partial charge on any atom is -0.370 e. The van der Waals surface area contributed by atoms with Crippen molar-refractivity contribution in [1.29, 1.82) is 5.41 Å². The van der Waals surface area contributed by atoms with Crippen LogP contribution in [0, 0.1) is 5.41 Å². The van der Waals surface area contributed by atoms with E-state index in [1.54, 1.807) is 0 Å². The molecule has 0 saturated carbocycles. The molecular weight excluding hydrogens is 378 g/mol. The molecule has 0 bridgehead atoms. The Bertz CT molecular complexity index is 958. The number of rotatable bonds is 6. The SMILES string of the molecule is N=C(N)N1CC=C(c2ccc(C(=O)Nc3ccc(CCN=C(N)N)cc3)cc2)CC1. The van der Waals surface area contributed by atoms with Crippen LogP contribution in [0.1, 0.15) is 27.9 Å². The summed E-state index contributed by atoms with van der Waals surface area (Å²) in [4.78, 5) is 18.3. The third kappa shape index (κ3) is 5.60. The fraction of sp³-hybridized carbons (Fsp3) is 0.227. The smallest absolute Gasteiger partial charge is 0.255 e. The number of aliphatic imine (C=N–C) groups is 1. The van der Waals surface area contributed by atoms with Gasteiger partial charge < -0.3 is 27.4 Å². The average molecular weight is 406 g/mol. The Morgan fingerprint density at radius 2 is 1.77 bits per heavy atom. The second kappa shape index (κ2) is 9.60. The number of guanidine groups is 2. The van der Waals surface area contributed by atoms with Gasteiger partial charge >= 0.3 is 0 Å². The molecule has 1 heterocycles. The normalized spacial score (nSPS) is 13.3. The van der Waals surface area contributed by atoms with Crippen LogP contribution in [0.15, 0.2) is 59.6 Å². The van der Waals surface area contributed by atoms with Crippen molar-refractivity contribution in [3.63, 3.8) is 0 Å². The molecule has 2 aromatic carbocycles. The zero-order chi connectivity index (χ0) is 21.5. The Hall–Kier alpha value is -3.81. The number of carbonyl (C=O) groups excluding carboxylic acids is 1. The quantitative estimate of drug-likeness (QED) is 0.367. The molecule has 0 spiro atoms. The molecule has 3 rings (SSSR count). The second-order valence-corrected chi connectivity index (χ2v) is 7.10. The van der Waals surface area contributed by atoms with Gasteiger partial charge in [-0.3, -0.25) is 15.2 Å². The number of hydrogen-bond acceptors (Lipinski definition) is 3. The van der Waals surface area contributed by atoms with Gasteiger partial charge in [0.2, 0.25) is 0 Å². The van der Waals surface area contributed by atoms with E-state index in [4.69, 9.17) is 22.6 Å². The number of anilines is 1. The second-order valence-electron chi connectivity index (χ2n) is 7.10. The molecule has 30 heavy (non-hydrogen) atoms. The molecule has 0 fully saturated rings. The van der Waals surface area contributed by atoms with Gasteiger partial charge in [0.05, 0.1) is 0 Å². The summed E-state index contributed by atoms with van der Waals surface area (Å²) in [6.07, 6.45) is 3.63. The first-order chi connectivity index (χ1) is 14.4. The van der Waals surface area contributed by atoms with E-state index in [2.05, 4.69) is 16.4 Å². The maximum atomic E-state index is 12.5. The van der Waals surface area contributed by atoms with Gasteiger partial charge in [-0.1, -0.05) is 30.3 Å². The first-order valence-corrected chi connectivity index (χ1v) is 9.76. The van der Waals surface area contributed by atoms with E-state index in [0.717, 1.165) is 36.2 Å². The third-order valence-corrected chi connectivity index (χ3v) is 4.97. The van der Waals surface area contributed by atoms with E-state index < -0.39 is 0 Å². The van der Waals surface area contributed by atoms with E-state index in [0.29, 0.717) is 18.7 Å². The van der Waals surface area contributed by atoms with Crippen LogP contribution in [-0.2, 0) is 6.42 Å². The van der Waals surface area contributed by atoms with Gasteiger partial charge in [0, 0.05) is 30.9 Å². The van der Waals surface area contributed by atoms with Crippen LogP contribution < -0.4 is 22.5 Å². The summed E-state index contributed by atoms with van der Waals surface area (Å²) in [5.41, 5.74) is 20.9. The van der Waals surface area contributed by atoms with Crippen molar-refractivity contribution < 1.29 is 4.79 Å². The lowest BCUT2D eigenvalue weighted by atomic mass is 9.98. The van der Waals surface area contributed by atoms with Crippen LogP contribution >= 0.6 is 0 Å². The first-order valence-electron chi connectivity index (χ1n) is 9.76. The molecule has 0 aromatic heterocycles. The van der Waals surface area contributed by atoms with Gasteiger partial charge in [0.25, 0.3) is 5.91 Å². The zero-order valence-corrected chi connectivity index (χ0v) is 16.8. The molecule has 1 aliphatic rings. The molecule has 1 aliphatic heterocycles. The first kappa shape index (κ1) is 20.9. The maximum Gasteiger partial charge on any atom is 0.255 e. The third-order valence-electron chi connectivity index (χ3n) is 4.97. The summed E-state index contributed by atoms with van der Waals surface area (Å²) in [6, 6.07) is 15.2. The van der Waals surface area contributed by atoms with Crippen molar-refractivity contribution in [2.75, 3.05) is 25.0 Å². The van der Waals surface area contributed by atoms with Crippen LogP contribution in [0.3, 0.4) is 0 Å². The largest absolute Gasteiger partial charge is 0.370 e. The predicted molar refractivity (Wildman–Crippen MR) is 121 cm³/mol. The van der Waals surface area contributed by atoms with Crippen LogP contribution in [-0.4, -0.2) is 42.4 Å². The summed E-state index contributed by atoms with van der Waals surface area (Å²) >= 11 is 0.